The zero-order valence-electron chi connectivity index (χ0n) is 54.4. The normalized spacial score (nSPS) is 11.9. The molecular weight excluding hydrogens is 1250 g/mol. The molecule has 8 nitrogen and oxygen atoms in total. The lowest BCUT2D eigenvalue weighted by Crippen LogP contribution is -2.08. The first kappa shape index (κ1) is 71.1. The van der Waals surface area contributed by atoms with Gasteiger partial charge in [-0.1, -0.05) is 229 Å². The van der Waals surface area contributed by atoms with Crippen molar-refractivity contribution in [2.75, 3.05) is 26.4 Å². The highest BCUT2D eigenvalue weighted by Crippen LogP contribution is 2.37. The second kappa shape index (κ2) is 41.2. The van der Waals surface area contributed by atoms with E-state index in [9.17, 15) is 9.59 Å². The summed E-state index contributed by atoms with van der Waals surface area (Å²) in [5.41, 5.74) is 7.85. The van der Waals surface area contributed by atoms with Crippen LogP contribution in [-0.4, -0.2) is 38.4 Å². The van der Waals surface area contributed by atoms with E-state index < -0.39 is 0 Å². The van der Waals surface area contributed by atoms with Crippen LogP contribution in [0.5, 0.6) is 34.5 Å². The van der Waals surface area contributed by atoms with Crippen molar-refractivity contribution < 1.29 is 38.0 Å². The van der Waals surface area contributed by atoms with Crippen LogP contribution in [0, 0.1) is 0 Å². The van der Waals surface area contributed by atoms with E-state index in [0.29, 0.717) is 60.9 Å². The van der Waals surface area contributed by atoms with Gasteiger partial charge in [0.25, 0.3) is 0 Å². The number of hydrogen-bond acceptors (Lipinski definition) is 8. The van der Waals surface area contributed by atoms with Gasteiger partial charge in [0.2, 0.25) is 0 Å². The molecule has 0 radical (unpaired) electrons. The SMILES string of the molecule is CCCCCCC(C)c1ccc(OC(=O)c2ccc(-c3ccc(OCCCCCCCCCCOc4cc(Br)c(OCCCCCCCCCCOc5ccc(-c6ccc(C(=O)Oc7ccc(C(C)CCCCCC)cc7)cc6)cc5)cc4Br)cc3)cc2)cc1. The third-order valence-electron chi connectivity index (χ3n) is 17.0. The molecule has 10 heteroatoms. The third-order valence-corrected chi connectivity index (χ3v) is 18.3. The van der Waals surface area contributed by atoms with Crippen molar-refractivity contribution >= 4 is 43.8 Å². The van der Waals surface area contributed by atoms with Crippen LogP contribution in [0.4, 0.5) is 0 Å². The van der Waals surface area contributed by atoms with Crippen LogP contribution in [0.2, 0.25) is 0 Å². The first-order valence-electron chi connectivity index (χ1n) is 34.1. The van der Waals surface area contributed by atoms with Crippen molar-refractivity contribution in [1.29, 1.82) is 0 Å². The Hall–Kier alpha value is -6.36. The van der Waals surface area contributed by atoms with E-state index in [4.69, 9.17) is 28.4 Å². The lowest BCUT2D eigenvalue weighted by molar-refractivity contribution is 0.0725. The van der Waals surface area contributed by atoms with E-state index in [-0.39, 0.29) is 11.9 Å². The van der Waals surface area contributed by atoms with E-state index in [1.165, 1.54) is 140 Å². The molecule has 0 N–H and O–H groups in total. The van der Waals surface area contributed by atoms with E-state index in [1.54, 1.807) is 0 Å². The second-order valence-electron chi connectivity index (χ2n) is 24.4. The van der Waals surface area contributed by atoms with Gasteiger partial charge in [-0.25, -0.2) is 9.59 Å². The molecule has 0 heterocycles. The number of unbranched alkanes of at least 4 members (excludes halogenated alkanes) is 20. The summed E-state index contributed by atoms with van der Waals surface area (Å²) in [6.07, 6.45) is 31.2. The second-order valence-corrected chi connectivity index (χ2v) is 26.1. The van der Waals surface area contributed by atoms with Crippen molar-refractivity contribution in [3.8, 4) is 56.8 Å². The number of hydrogen-bond donors (Lipinski definition) is 0. The van der Waals surface area contributed by atoms with Gasteiger partial charge in [-0.3, -0.25) is 0 Å². The summed E-state index contributed by atoms with van der Waals surface area (Å²) in [7, 11) is 0. The Morgan fingerprint density at radius 1 is 0.322 bits per heavy atom. The van der Waals surface area contributed by atoms with E-state index in [2.05, 4.69) is 108 Å². The van der Waals surface area contributed by atoms with Gasteiger partial charge >= 0.3 is 11.9 Å². The average molecular weight is 1350 g/mol. The molecule has 0 amide bonds. The fraction of sp³-hybridized carbons (Fsp3) is 0.450. The quantitative estimate of drug-likeness (QED) is 0.0212. The Morgan fingerprint density at radius 3 is 0.900 bits per heavy atom. The van der Waals surface area contributed by atoms with Crippen LogP contribution in [0.15, 0.2) is 167 Å². The van der Waals surface area contributed by atoms with E-state index in [0.717, 1.165) is 92.7 Å². The first-order valence-corrected chi connectivity index (χ1v) is 35.7. The summed E-state index contributed by atoms with van der Waals surface area (Å²) in [6.45, 7) is 11.8. The van der Waals surface area contributed by atoms with Crippen molar-refractivity contribution in [3.63, 3.8) is 0 Å². The maximum Gasteiger partial charge on any atom is 0.343 e. The van der Waals surface area contributed by atoms with E-state index >= 15 is 0 Å². The summed E-state index contributed by atoms with van der Waals surface area (Å²) in [5.74, 6) is 4.86. The Balaban J connectivity index is 0.638. The monoisotopic (exact) mass is 1350 g/mol. The van der Waals surface area contributed by atoms with Crippen molar-refractivity contribution in [3.05, 3.63) is 189 Å². The standard InChI is InChI=1S/C80H100Br2O8/c1-5-7-9-23-29-61(3)63-39-51-73(52-40-63)89-79(83)69-35-31-65(32-36-69)67-43-47-71(48-44-67)85-55-25-19-15-11-13-17-21-27-57-87-77-59-76(82)78(60-75(77)81)88-58-28-22-18-14-12-16-20-26-56-86-72-49-45-68(46-50-72)66-33-37-70(38-34-66)80(84)90-74-53-41-64(42-54-74)62(4)30-24-10-8-6-2/h31-54,59-62H,5-30,55-58H2,1-4H3. The molecule has 0 spiro atoms. The molecule has 2 atom stereocenters. The fourth-order valence-corrected chi connectivity index (χ4v) is 12.1. The van der Waals surface area contributed by atoms with Crippen molar-refractivity contribution in [2.24, 2.45) is 0 Å². The van der Waals surface area contributed by atoms with Gasteiger partial charge in [-0.05, 0) is 201 Å². The summed E-state index contributed by atoms with van der Waals surface area (Å²) < 4.78 is 37.7. The van der Waals surface area contributed by atoms with Crippen LogP contribution >= 0.6 is 31.9 Å². The minimum absolute atomic E-state index is 0.352. The summed E-state index contributed by atoms with van der Waals surface area (Å²) in [6, 6.07) is 51.5. The Morgan fingerprint density at radius 2 is 0.589 bits per heavy atom. The molecule has 0 aromatic heterocycles. The number of benzene rings is 7. The molecule has 482 valence electrons. The van der Waals surface area contributed by atoms with Crippen LogP contribution in [0.1, 0.15) is 238 Å². The lowest BCUT2D eigenvalue weighted by Gasteiger charge is -2.13. The highest BCUT2D eigenvalue weighted by molar-refractivity contribution is 9.11. The number of rotatable bonds is 44. The minimum Gasteiger partial charge on any atom is -0.494 e. The molecule has 2 unspecified atom stereocenters. The molecular formula is C80H100Br2O8. The van der Waals surface area contributed by atoms with Crippen LogP contribution in [-0.2, 0) is 0 Å². The summed E-state index contributed by atoms with van der Waals surface area (Å²) in [4.78, 5) is 25.8. The van der Waals surface area contributed by atoms with Crippen LogP contribution < -0.4 is 28.4 Å². The largest absolute Gasteiger partial charge is 0.494 e. The highest BCUT2D eigenvalue weighted by Gasteiger charge is 2.15. The molecule has 0 aliphatic carbocycles. The van der Waals surface area contributed by atoms with Crippen molar-refractivity contribution in [1.82, 2.24) is 0 Å². The van der Waals surface area contributed by atoms with Crippen molar-refractivity contribution in [2.45, 2.75) is 206 Å². The van der Waals surface area contributed by atoms with Crippen LogP contribution in [0.3, 0.4) is 0 Å². The molecule has 7 aromatic carbocycles. The molecule has 0 saturated heterocycles. The average Bonchev–Trinajstić information content (AvgIpc) is 3.01. The minimum atomic E-state index is -0.352. The van der Waals surface area contributed by atoms with Crippen LogP contribution in [0.25, 0.3) is 22.3 Å². The predicted molar refractivity (Wildman–Crippen MR) is 379 cm³/mol. The molecule has 7 rings (SSSR count). The number of carbonyl (C=O) groups is 2. The van der Waals surface area contributed by atoms with E-state index in [1.807, 2.05) is 109 Å². The Bertz CT molecular complexity index is 2890. The maximum atomic E-state index is 12.9. The zero-order chi connectivity index (χ0) is 63.4. The molecule has 0 saturated carbocycles. The molecule has 7 aromatic rings. The van der Waals surface area contributed by atoms with Gasteiger partial charge in [0.15, 0.2) is 0 Å². The predicted octanol–water partition coefficient (Wildman–Crippen LogP) is 24.3. The first-order chi connectivity index (χ1) is 44.1. The topological polar surface area (TPSA) is 89.5 Å². The third kappa shape index (κ3) is 25.7. The van der Waals surface area contributed by atoms with Gasteiger partial charge in [0, 0.05) is 0 Å². The molecule has 90 heavy (non-hydrogen) atoms. The highest BCUT2D eigenvalue weighted by atomic mass is 79.9. The summed E-state index contributed by atoms with van der Waals surface area (Å²) in [5, 5.41) is 0. The molecule has 0 aliphatic heterocycles. The number of halogens is 2. The zero-order valence-corrected chi connectivity index (χ0v) is 57.6. The molecule has 0 fully saturated rings. The summed E-state index contributed by atoms with van der Waals surface area (Å²) >= 11 is 7.42. The lowest BCUT2D eigenvalue weighted by atomic mass is 9.95. The van der Waals surface area contributed by atoms with Gasteiger partial charge < -0.3 is 28.4 Å². The number of esters is 2. The van der Waals surface area contributed by atoms with Gasteiger partial charge in [-0.15, -0.1) is 0 Å². The molecule has 0 bridgehead atoms. The van der Waals surface area contributed by atoms with Gasteiger partial charge in [-0.2, -0.15) is 0 Å². The Kier molecular flexibility index (Phi) is 32.5. The van der Waals surface area contributed by atoms with Gasteiger partial charge in [0.1, 0.15) is 34.5 Å². The fourth-order valence-electron chi connectivity index (χ4n) is 11.2. The number of carbonyl (C=O) groups excluding carboxylic acids is 2. The Labute approximate surface area is 556 Å². The maximum absolute atomic E-state index is 12.9. The smallest absolute Gasteiger partial charge is 0.343 e. The van der Waals surface area contributed by atoms with Gasteiger partial charge in [0.05, 0.1) is 46.5 Å². The number of ether oxygens (including phenoxy) is 6. The molecule has 0 aliphatic rings.